The van der Waals surface area contributed by atoms with Crippen LogP contribution in [0.25, 0.3) is 0 Å². The Kier molecular flexibility index (Phi) is 7.12. The van der Waals surface area contributed by atoms with Gasteiger partial charge in [0.05, 0.1) is 11.6 Å². The number of nitrogens with one attached hydrogen (secondary N) is 1. The molecule has 6 heteroatoms. The summed E-state index contributed by atoms with van der Waals surface area (Å²) in [6, 6.07) is 23.0. The van der Waals surface area contributed by atoms with Crippen molar-refractivity contribution in [3.8, 4) is 5.75 Å². The van der Waals surface area contributed by atoms with Gasteiger partial charge in [-0.25, -0.2) is 0 Å². The van der Waals surface area contributed by atoms with Crippen molar-refractivity contribution in [2.45, 2.75) is 25.2 Å². The minimum absolute atomic E-state index is 0.280. The van der Waals surface area contributed by atoms with Gasteiger partial charge in [-0.2, -0.15) is 13.2 Å². The van der Waals surface area contributed by atoms with E-state index in [1.807, 2.05) is 54.6 Å². The molecule has 1 unspecified atom stereocenters. The van der Waals surface area contributed by atoms with Crippen molar-refractivity contribution < 1.29 is 17.9 Å². The van der Waals surface area contributed by atoms with Crippen LogP contribution in [0.15, 0.2) is 78.9 Å². The van der Waals surface area contributed by atoms with E-state index in [0.717, 1.165) is 49.8 Å². The van der Waals surface area contributed by atoms with Crippen LogP contribution < -0.4 is 10.1 Å². The highest BCUT2D eigenvalue weighted by Gasteiger charge is 2.32. The number of benzene rings is 3. The lowest BCUT2D eigenvalue weighted by Gasteiger charge is -2.32. The van der Waals surface area contributed by atoms with E-state index in [1.165, 1.54) is 12.1 Å². The average Bonchev–Trinajstić information content (AvgIpc) is 3.08. The normalized spacial score (nSPS) is 16.3. The fourth-order valence-electron chi connectivity index (χ4n) is 4.14. The van der Waals surface area contributed by atoms with Gasteiger partial charge in [0, 0.05) is 19.6 Å². The molecule has 1 aliphatic rings. The average molecular weight is 441 g/mol. The molecule has 1 fully saturated rings. The summed E-state index contributed by atoms with van der Waals surface area (Å²) in [5, 5.41) is 3.37. The van der Waals surface area contributed by atoms with Gasteiger partial charge in [-0.3, -0.25) is 4.90 Å². The molecule has 0 aromatic heterocycles. The molecular formula is C26H27F3N2O. The molecule has 0 spiro atoms. The Morgan fingerprint density at radius 2 is 1.59 bits per heavy atom. The van der Waals surface area contributed by atoms with Crippen LogP contribution in [0.4, 0.5) is 13.2 Å². The molecule has 168 valence electrons. The summed E-state index contributed by atoms with van der Waals surface area (Å²) in [5.41, 5.74) is 2.01. The second kappa shape index (κ2) is 10.2. The van der Waals surface area contributed by atoms with Crippen molar-refractivity contribution in [1.29, 1.82) is 0 Å². The van der Waals surface area contributed by atoms with E-state index in [4.69, 9.17) is 4.74 Å². The number of rotatable bonds is 6. The maximum Gasteiger partial charge on any atom is 0.416 e. The third-order valence-electron chi connectivity index (χ3n) is 5.69. The van der Waals surface area contributed by atoms with Crippen molar-refractivity contribution in [2.24, 2.45) is 0 Å². The molecule has 3 aromatic rings. The lowest BCUT2D eigenvalue weighted by atomic mass is 9.95. The van der Waals surface area contributed by atoms with Gasteiger partial charge in [0.15, 0.2) is 0 Å². The summed E-state index contributed by atoms with van der Waals surface area (Å²) in [7, 11) is 0. The van der Waals surface area contributed by atoms with Crippen LogP contribution in [-0.4, -0.2) is 31.1 Å². The maximum atomic E-state index is 13.4. The SMILES string of the molecule is FC(F)(F)c1cccc(C(c2cccc(OCc3ccccc3)c2)N2CCCNCC2)c1. The molecule has 0 bridgehead atoms. The molecule has 4 rings (SSSR count). The van der Waals surface area contributed by atoms with Crippen molar-refractivity contribution >= 4 is 0 Å². The van der Waals surface area contributed by atoms with Gasteiger partial charge < -0.3 is 10.1 Å². The smallest absolute Gasteiger partial charge is 0.416 e. The van der Waals surface area contributed by atoms with E-state index in [-0.39, 0.29) is 6.04 Å². The van der Waals surface area contributed by atoms with E-state index in [2.05, 4.69) is 10.2 Å². The van der Waals surface area contributed by atoms with Crippen molar-refractivity contribution in [2.75, 3.05) is 26.2 Å². The van der Waals surface area contributed by atoms with Gasteiger partial charge in [0.1, 0.15) is 12.4 Å². The fourth-order valence-corrected chi connectivity index (χ4v) is 4.14. The van der Waals surface area contributed by atoms with Crippen LogP contribution in [0.2, 0.25) is 0 Å². The predicted octanol–water partition coefficient (Wildman–Crippen LogP) is 5.67. The number of alkyl halides is 3. The van der Waals surface area contributed by atoms with Crippen LogP contribution in [-0.2, 0) is 12.8 Å². The van der Waals surface area contributed by atoms with Gasteiger partial charge in [-0.1, -0.05) is 54.6 Å². The Bertz CT molecular complexity index is 999. The van der Waals surface area contributed by atoms with E-state index >= 15 is 0 Å². The molecule has 1 saturated heterocycles. The summed E-state index contributed by atoms with van der Waals surface area (Å²) in [6.07, 6.45) is -3.43. The van der Waals surface area contributed by atoms with Gasteiger partial charge in [-0.15, -0.1) is 0 Å². The monoisotopic (exact) mass is 440 g/mol. The predicted molar refractivity (Wildman–Crippen MR) is 120 cm³/mol. The van der Waals surface area contributed by atoms with Crippen LogP contribution in [0.5, 0.6) is 5.75 Å². The Hall–Kier alpha value is -2.83. The molecule has 1 N–H and O–H groups in total. The maximum absolute atomic E-state index is 13.4. The molecule has 32 heavy (non-hydrogen) atoms. The molecule has 1 atom stereocenters. The van der Waals surface area contributed by atoms with E-state index in [0.29, 0.717) is 17.9 Å². The van der Waals surface area contributed by atoms with Gasteiger partial charge in [0.2, 0.25) is 0 Å². The molecular weight excluding hydrogens is 413 g/mol. The lowest BCUT2D eigenvalue weighted by Crippen LogP contribution is -2.33. The van der Waals surface area contributed by atoms with Gasteiger partial charge >= 0.3 is 6.18 Å². The van der Waals surface area contributed by atoms with Crippen LogP contribution in [0.3, 0.4) is 0 Å². The Morgan fingerprint density at radius 1 is 0.844 bits per heavy atom. The number of nitrogens with zero attached hydrogens (tertiary/aromatic N) is 1. The topological polar surface area (TPSA) is 24.5 Å². The van der Waals surface area contributed by atoms with Gasteiger partial charge in [-0.05, 0) is 53.9 Å². The van der Waals surface area contributed by atoms with E-state index < -0.39 is 11.7 Å². The highest BCUT2D eigenvalue weighted by molar-refractivity contribution is 5.39. The number of hydrogen-bond donors (Lipinski definition) is 1. The van der Waals surface area contributed by atoms with Gasteiger partial charge in [0.25, 0.3) is 0 Å². The molecule has 0 aliphatic carbocycles. The lowest BCUT2D eigenvalue weighted by molar-refractivity contribution is -0.137. The molecule has 3 aromatic carbocycles. The van der Waals surface area contributed by atoms with E-state index in [1.54, 1.807) is 6.07 Å². The standard InChI is InChI=1S/C26H27F3N2O/c27-26(28,29)23-11-4-9-21(17-23)25(31-15-6-13-30-14-16-31)22-10-5-12-24(18-22)32-19-20-7-2-1-3-8-20/h1-5,7-12,17-18,25,30H,6,13-16,19H2. The minimum atomic E-state index is -4.37. The summed E-state index contributed by atoms with van der Waals surface area (Å²) in [4.78, 5) is 2.26. The number of halogens is 3. The second-order valence-electron chi connectivity index (χ2n) is 8.01. The first kappa shape index (κ1) is 22.4. The largest absolute Gasteiger partial charge is 0.489 e. The molecule has 0 saturated carbocycles. The Labute approximate surface area is 186 Å². The zero-order valence-corrected chi connectivity index (χ0v) is 17.8. The summed E-state index contributed by atoms with van der Waals surface area (Å²) < 4.78 is 46.3. The second-order valence-corrected chi connectivity index (χ2v) is 8.01. The third-order valence-corrected chi connectivity index (χ3v) is 5.69. The quantitative estimate of drug-likeness (QED) is 0.535. The molecule has 0 amide bonds. The minimum Gasteiger partial charge on any atom is -0.489 e. The first-order valence-corrected chi connectivity index (χ1v) is 10.9. The first-order valence-electron chi connectivity index (χ1n) is 10.9. The van der Waals surface area contributed by atoms with Crippen LogP contribution in [0, 0.1) is 0 Å². The fraction of sp³-hybridized carbons (Fsp3) is 0.308. The van der Waals surface area contributed by atoms with Crippen molar-refractivity contribution in [3.05, 3.63) is 101 Å². The number of hydrogen-bond acceptors (Lipinski definition) is 3. The van der Waals surface area contributed by atoms with Crippen LogP contribution in [0.1, 0.15) is 34.7 Å². The zero-order chi connectivity index (χ0) is 22.4. The highest BCUT2D eigenvalue weighted by atomic mass is 19.4. The summed E-state index contributed by atoms with van der Waals surface area (Å²) in [6.45, 7) is 3.72. The third kappa shape index (κ3) is 5.69. The first-order chi connectivity index (χ1) is 15.5. The van der Waals surface area contributed by atoms with Crippen molar-refractivity contribution in [1.82, 2.24) is 10.2 Å². The Morgan fingerprint density at radius 3 is 2.38 bits per heavy atom. The molecule has 3 nitrogen and oxygen atoms in total. The van der Waals surface area contributed by atoms with E-state index in [9.17, 15) is 13.2 Å². The summed E-state index contributed by atoms with van der Waals surface area (Å²) >= 11 is 0. The van der Waals surface area contributed by atoms with Crippen molar-refractivity contribution in [3.63, 3.8) is 0 Å². The molecule has 1 heterocycles. The van der Waals surface area contributed by atoms with Crippen LogP contribution >= 0.6 is 0 Å². The summed E-state index contributed by atoms with van der Waals surface area (Å²) in [5.74, 6) is 0.705. The molecule has 0 radical (unpaired) electrons. The zero-order valence-electron chi connectivity index (χ0n) is 17.8. The number of ether oxygens (including phenoxy) is 1. The molecule has 1 aliphatic heterocycles. The Balaban J connectivity index is 1.66. The highest BCUT2D eigenvalue weighted by Crippen LogP contribution is 2.35.